The van der Waals surface area contributed by atoms with Crippen LogP contribution in [0.5, 0.6) is 5.75 Å². The van der Waals surface area contributed by atoms with Gasteiger partial charge in [-0.25, -0.2) is 5.53 Å². The van der Waals surface area contributed by atoms with E-state index in [1.54, 1.807) is 25.1 Å². The van der Waals surface area contributed by atoms with E-state index >= 15 is 0 Å². The predicted octanol–water partition coefficient (Wildman–Crippen LogP) is 4.10. The van der Waals surface area contributed by atoms with E-state index in [0.29, 0.717) is 25.2 Å². The molecule has 2 saturated heterocycles. The molecule has 2 aromatic carbocycles. The van der Waals surface area contributed by atoms with Crippen LogP contribution < -0.4 is 15.4 Å². The smallest absolute Gasteiger partial charge is 0.243 e. The minimum Gasteiger partial charge on any atom is -0.497 e. The third-order valence-corrected chi connectivity index (χ3v) is 6.82. The molecule has 2 heterocycles. The van der Waals surface area contributed by atoms with Crippen LogP contribution in [0, 0.1) is 12.5 Å². The number of likely N-dealkylation sites (N-methyl/N-ethyl adjacent to an activating group) is 1. The lowest BCUT2D eigenvalue weighted by Gasteiger charge is -2.29. The highest BCUT2D eigenvalue weighted by atomic mass is 16.5. The summed E-state index contributed by atoms with van der Waals surface area (Å²) in [5.41, 5.74) is 10.7. The molecule has 194 valence electrons. The van der Waals surface area contributed by atoms with Gasteiger partial charge in [0.25, 0.3) is 0 Å². The minimum absolute atomic E-state index is 0.0846. The zero-order valence-corrected chi connectivity index (χ0v) is 21.7. The van der Waals surface area contributed by atoms with Gasteiger partial charge in [-0.1, -0.05) is 23.8 Å². The summed E-state index contributed by atoms with van der Waals surface area (Å²) in [6, 6.07) is 13.0. The average molecular weight is 495 g/mol. The summed E-state index contributed by atoms with van der Waals surface area (Å²) in [5.74, 6) is 0.894. The van der Waals surface area contributed by atoms with Crippen LogP contribution in [0.2, 0.25) is 0 Å². The van der Waals surface area contributed by atoms with Gasteiger partial charge in [-0.2, -0.15) is 5.11 Å². The van der Waals surface area contributed by atoms with Crippen molar-refractivity contribution in [3.05, 3.63) is 53.6 Å². The van der Waals surface area contributed by atoms with Crippen molar-refractivity contribution in [1.82, 2.24) is 15.1 Å². The number of ether oxygens (including phenoxy) is 1. The molecule has 2 amide bonds. The largest absolute Gasteiger partial charge is 0.497 e. The topological polar surface area (TPSA) is 110 Å². The molecule has 0 spiro atoms. The first kappa shape index (κ1) is 27.1. The van der Waals surface area contributed by atoms with Gasteiger partial charge in [0.1, 0.15) is 17.5 Å². The Labute approximate surface area is 213 Å². The molecule has 2 aromatic rings. The summed E-state index contributed by atoms with van der Waals surface area (Å²) in [6.45, 7) is 4.00. The van der Waals surface area contributed by atoms with Crippen molar-refractivity contribution in [2.24, 2.45) is 5.11 Å². The van der Waals surface area contributed by atoms with Gasteiger partial charge in [0, 0.05) is 20.1 Å². The zero-order chi connectivity index (χ0) is 26.1. The number of hydrogen-bond acceptors (Lipinski definition) is 7. The molecule has 2 atom stereocenters. The van der Waals surface area contributed by atoms with Gasteiger partial charge in [0.15, 0.2) is 0 Å². The van der Waals surface area contributed by atoms with Crippen LogP contribution in [0.15, 0.2) is 47.6 Å². The Morgan fingerprint density at radius 2 is 1.78 bits per heavy atom. The van der Waals surface area contributed by atoms with Crippen LogP contribution in [0.25, 0.3) is 0 Å². The molecule has 9 heteroatoms. The third kappa shape index (κ3) is 6.81. The van der Waals surface area contributed by atoms with Crippen molar-refractivity contribution in [3.8, 4) is 5.75 Å². The maximum atomic E-state index is 12.9. The fraction of sp³-hybridized carbons (Fsp3) is 0.481. The third-order valence-electron chi connectivity index (χ3n) is 6.82. The highest BCUT2D eigenvalue weighted by Crippen LogP contribution is 2.26. The minimum atomic E-state index is -0.386. The molecule has 2 fully saturated rings. The van der Waals surface area contributed by atoms with E-state index in [2.05, 4.69) is 27.6 Å². The van der Waals surface area contributed by atoms with Gasteiger partial charge in [0.05, 0.1) is 18.8 Å². The van der Waals surface area contributed by atoms with E-state index in [0.717, 1.165) is 42.8 Å². The predicted molar refractivity (Wildman–Crippen MR) is 141 cm³/mol. The number of benzene rings is 2. The lowest BCUT2D eigenvalue weighted by Crippen LogP contribution is -2.51. The van der Waals surface area contributed by atoms with Crippen molar-refractivity contribution >= 4 is 23.2 Å². The van der Waals surface area contributed by atoms with E-state index in [9.17, 15) is 9.59 Å². The highest BCUT2D eigenvalue weighted by Gasteiger charge is 2.39. The first-order chi connectivity index (χ1) is 17.4. The van der Waals surface area contributed by atoms with E-state index in [1.807, 2.05) is 43.4 Å². The van der Waals surface area contributed by atoms with Crippen molar-refractivity contribution in [1.29, 1.82) is 5.53 Å². The van der Waals surface area contributed by atoms with Gasteiger partial charge in [-0.3, -0.25) is 14.5 Å². The van der Waals surface area contributed by atoms with Gasteiger partial charge < -0.3 is 20.3 Å². The fourth-order valence-corrected chi connectivity index (χ4v) is 4.69. The van der Waals surface area contributed by atoms with Crippen LogP contribution in [0.4, 0.5) is 11.4 Å². The number of aryl methyl sites for hydroxylation is 1. The Hall–Kier alpha value is -3.46. The number of nitrogens with one attached hydrogen (secondary N) is 3. The van der Waals surface area contributed by atoms with Gasteiger partial charge in [0.2, 0.25) is 11.8 Å². The van der Waals surface area contributed by atoms with Crippen LogP contribution in [0.3, 0.4) is 0 Å². The summed E-state index contributed by atoms with van der Waals surface area (Å²) in [7, 11) is 5.42. The maximum absolute atomic E-state index is 12.9. The summed E-state index contributed by atoms with van der Waals surface area (Å²) in [4.78, 5) is 29.4. The number of nitrogens with zero attached hydrogens (tertiary/aromatic N) is 3. The number of methoxy groups -OCH3 is 1. The standard InChI is InChI=1S/C19H28N6O2.C8H10O/c1-21-14-8-7-13(11-15(14)23-20)12-22-18(26)16-5-4-10-25(16)19(27)17-6-3-9-24(17)2;1-7-3-5-8(9-2)6-4-7/h7-8,11,16-17,20-21H,3-6,9-10,12H2,1-2H3,(H,22,26);3-6H,1-2H3/t16?,17-;/m1./s1. The van der Waals surface area contributed by atoms with Crippen LogP contribution >= 0.6 is 0 Å². The maximum Gasteiger partial charge on any atom is 0.243 e. The number of carbonyl (C=O) groups excluding carboxylic acids is 2. The summed E-state index contributed by atoms with van der Waals surface area (Å²) < 4.78 is 4.97. The molecule has 0 aromatic heterocycles. The Balaban J connectivity index is 0.000000338. The average Bonchev–Trinajstić information content (AvgIpc) is 3.57. The summed E-state index contributed by atoms with van der Waals surface area (Å²) in [5, 5.41) is 9.44. The molecule has 0 saturated carbocycles. The molecular weight excluding hydrogens is 456 g/mol. The molecule has 0 aliphatic carbocycles. The molecule has 0 bridgehead atoms. The molecule has 1 unspecified atom stereocenters. The number of hydrogen-bond donors (Lipinski definition) is 3. The van der Waals surface area contributed by atoms with Crippen LogP contribution in [-0.4, -0.2) is 68.0 Å². The number of carbonyl (C=O) groups is 2. The van der Waals surface area contributed by atoms with Crippen molar-refractivity contribution in [2.75, 3.05) is 39.6 Å². The second-order valence-electron chi connectivity index (χ2n) is 9.28. The molecule has 2 aliphatic rings. The molecule has 4 rings (SSSR count). The monoisotopic (exact) mass is 494 g/mol. The quantitative estimate of drug-likeness (QED) is 0.502. The summed E-state index contributed by atoms with van der Waals surface area (Å²) in [6.07, 6.45) is 3.47. The zero-order valence-electron chi connectivity index (χ0n) is 21.7. The van der Waals surface area contributed by atoms with Gasteiger partial charge in [-0.15, -0.1) is 0 Å². The van der Waals surface area contributed by atoms with E-state index < -0.39 is 0 Å². The number of rotatable bonds is 7. The summed E-state index contributed by atoms with van der Waals surface area (Å²) >= 11 is 0. The van der Waals surface area contributed by atoms with E-state index in [1.165, 1.54) is 5.56 Å². The molecule has 9 nitrogen and oxygen atoms in total. The van der Waals surface area contributed by atoms with Crippen molar-refractivity contribution in [2.45, 2.75) is 51.2 Å². The van der Waals surface area contributed by atoms with Crippen LogP contribution in [0.1, 0.15) is 36.8 Å². The fourth-order valence-electron chi connectivity index (χ4n) is 4.69. The van der Waals surface area contributed by atoms with Crippen molar-refractivity contribution < 1.29 is 14.3 Å². The van der Waals surface area contributed by atoms with Crippen molar-refractivity contribution in [3.63, 3.8) is 0 Å². The van der Waals surface area contributed by atoms with E-state index in [-0.39, 0.29) is 23.9 Å². The molecule has 3 N–H and O–H groups in total. The number of anilines is 1. The first-order valence-corrected chi connectivity index (χ1v) is 12.4. The Morgan fingerprint density at radius 3 is 2.39 bits per heavy atom. The highest BCUT2D eigenvalue weighted by molar-refractivity contribution is 5.90. The Bertz CT molecular complexity index is 1040. The van der Waals surface area contributed by atoms with Gasteiger partial charge >= 0.3 is 0 Å². The number of amides is 2. The normalized spacial score (nSPS) is 19.3. The second-order valence-corrected chi connectivity index (χ2v) is 9.28. The van der Waals surface area contributed by atoms with Gasteiger partial charge in [-0.05, 0) is 76.0 Å². The van der Waals surface area contributed by atoms with Crippen LogP contribution in [-0.2, 0) is 16.1 Å². The molecule has 2 aliphatic heterocycles. The lowest BCUT2D eigenvalue weighted by molar-refractivity contribution is -0.141. The molecule has 36 heavy (non-hydrogen) atoms. The molecule has 0 radical (unpaired) electrons. The molecular formula is C27H38N6O3. The lowest BCUT2D eigenvalue weighted by atomic mass is 10.1. The Morgan fingerprint density at radius 1 is 1.08 bits per heavy atom. The SMILES string of the molecule is CNc1ccc(CNC(=O)C2CCCN2C(=O)[C@H]2CCCN2C)cc1N=N.COc1ccc(C)cc1. The first-order valence-electron chi connectivity index (χ1n) is 12.4. The second kappa shape index (κ2) is 13.0. The Kier molecular flexibility index (Phi) is 9.81. The number of likely N-dealkylation sites (tertiary alicyclic amines) is 2. The van der Waals surface area contributed by atoms with E-state index in [4.69, 9.17) is 10.3 Å².